The summed E-state index contributed by atoms with van der Waals surface area (Å²) in [4.78, 5) is 0. The predicted molar refractivity (Wildman–Crippen MR) is 40.6 cm³/mol. The first kappa shape index (κ1) is 7.38. The molecule has 0 amide bonds. The van der Waals surface area contributed by atoms with E-state index < -0.39 is 0 Å². The molecule has 0 bridgehead atoms. The standard InChI is InChI=1S/C6H13NOS/c1-8-6-2-4-7(9)5-3-6/h6,9H,2-5H2,1H3. The zero-order valence-corrected chi connectivity index (χ0v) is 6.60. The molecular weight excluding hydrogens is 134 g/mol. The molecule has 1 fully saturated rings. The topological polar surface area (TPSA) is 12.5 Å². The van der Waals surface area contributed by atoms with Crippen molar-refractivity contribution in [2.45, 2.75) is 18.9 Å². The van der Waals surface area contributed by atoms with E-state index in [0.29, 0.717) is 6.10 Å². The average Bonchev–Trinajstić information content (AvgIpc) is 1.90. The Hall–Kier alpha value is 0.270. The van der Waals surface area contributed by atoms with Gasteiger partial charge in [-0.25, -0.2) is 0 Å². The van der Waals surface area contributed by atoms with Gasteiger partial charge in [0, 0.05) is 20.2 Å². The number of ether oxygens (including phenoxy) is 1. The molecule has 3 heteroatoms. The Morgan fingerprint density at radius 1 is 1.44 bits per heavy atom. The van der Waals surface area contributed by atoms with Crippen LogP contribution >= 0.6 is 12.8 Å². The van der Waals surface area contributed by atoms with Crippen molar-refractivity contribution in [3.05, 3.63) is 0 Å². The van der Waals surface area contributed by atoms with Gasteiger partial charge in [0.1, 0.15) is 0 Å². The maximum atomic E-state index is 5.18. The fourth-order valence-corrected chi connectivity index (χ4v) is 1.31. The van der Waals surface area contributed by atoms with Crippen LogP contribution in [0.15, 0.2) is 0 Å². The molecule has 0 N–H and O–H groups in total. The SMILES string of the molecule is COC1CCN(S)CC1. The first-order valence-electron chi connectivity index (χ1n) is 3.29. The third-order valence-corrected chi connectivity index (χ3v) is 2.15. The Bertz CT molecular complexity index is 81.1. The molecule has 9 heavy (non-hydrogen) atoms. The highest BCUT2D eigenvalue weighted by Crippen LogP contribution is 2.13. The van der Waals surface area contributed by atoms with E-state index in [0.717, 1.165) is 25.9 Å². The van der Waals surface area contributed by atoms with E-state index in [4.69, 9.17) is 4.74 Å². The Labute approximate surface area is 61.7 Å². The molecule has 0 aliphatic carbocycles. The van der Waals surface area contributed by atoms with Crippen LogP contribution in [-0.4, -0.2) is 30.6 Å². The summed E-state index contributed by atoms with van der Waals surface area (Å²) in [5.41, 5.74) is 0. The molecule has 0 aromatic carbocycles. The summed E-state index contributed by atoms with van der Waals surface area (Å²) < 4.78 is 7.22. The van der Waals surface area contributed by atoms with E-state index in [1.54, 1.807) is 7.11 Å². The fourth-order valence-electron chi connectivity index (χ4n) is 1.08. The zero-order valence-electron chi connectivity index (χ0n) is 5.71. The van der Waals surface area contributed by atoms with Crippen molar-refractivity contribution < 1.29 is 4.74 Å². The van der Waals surface area contributed by atoms with Crippen molar-refractivity contribution in [2.75, 3.05) is 20.2 Å². The lowest BCUT2D eigenvalue weighted by Crippen LogP contribution is -2.30. The van der Waals surface area contributed by atoms with Gasteiger partial charge in [0.05, 0.1) is 6.10 Å². The van der Waals surface area contributed by atoms with E-state index >= 15 is 0 Å². The maximum absolute atomic E-state index is 5.18. The van der Waals surface area contributed by atoms with Crippen LogP contribution < -0.4 is 0 Å². The second kappa shape index (κ2) is 3.44. The summed E-state index contributed by atoms with van der Waals surface area (Å²) in [5, 5.41) is 0. The van der Waals surface area contributed by atoms with E-state index in [-0.39, 0.29) is 0 Å². The van der Waals surface area contributed by atoms with Gasteiger partial charge in [0.15, 0.2) is 0 Å². The van der Waals surface area contributed by atoms with Gasteiger partial charge in [-0.05, 0) is 12.8 Å². The second-order valence-electron chi connectivity index (χ2n) is 2.39. The lowest BCUT2D eigenvalue weighted by atomic mass is 10.1. The molecule has 0 saturated carbocycles. The average molecular weight is 147 g/mol. The highest BCUT2D eigenvalue weighted by molar-refractivity contribution is 7.77. The fraction of sp³-hybridized carbons (Fsp3) is 1.00. The molecule has 0 spiro atoms. The van der Waals surface area contributed by atoms with Gasteiger partial charge in [-0.1, -0.05) is 12.8 Å². The zero-order chi connectivity index (χ0) is 6.69. The van der Waals surface area contributed by atoms with Gasteiger partial charge in [-0.2, -0.15) is 0 Å². The van der Waals surface area contributed by atoms with Crippen molar-refractivity contribution >= 4 is 12.8 Å². The number of thiol groups is 1. The lowest BCUT2D eigenvalue weighted by Gasteiger charge is -2.26. The smallest absolute Gasteiger partial charge is 0.0596 e. The molecule has 0 radical (unpaired) electrons. The molecular formula is C6H13NOS. The first-order valence-corrected chi connectivity index (χ1v) is 3.69. The molecule has 1 heterocycles. The highest BCUT2D eigenvalue weighted by Gasteiger charge is 2.15. The van der Waals surface area contributed by atoms with Crippen molar-refractivity contribution in [1.29, 1.82) is 0 Å². The molecule has 54 valence electrons. The summed E-state index contributed by atoms with van der Waals surface area (Å²) in [7, 11) is 1.78. The van der Waals surface area contributed by atoms with E-state index in [1.165, 1.54) is 0 Å². The first-order chi connectivity index (χ1) is 4.33. The predicted octanol–water partition coefficient (Wildman–Crippen LogP) is 0.942. The molecule has 0 atom stereocenters. The van der Waals surface area contributed by atoms with Gasteiger partial charge in [-0.15, -0.1) is 0 Å². The molecule has 0 aromatic rings. The van der Waals surface area contributed by atoms with E-state index in [1.807, 2.05) is 4.31 Å². The number of hydrogen-bond donors (Lipinski definition) is 1. The number of rotatable bonds is 1. The Kier molecular flexibility index (Phi) is 2.82. The van der Waals surface area contributed by atoms with Crippen molar-refractivity contribution in [2.24, 2.45) is 0 Å². The minimum Gasteiger partial charge on any atom is -0.381 e. The van der Waals surface area contributed by atoms with Crippen LogP contribution in [0.1, 0.15) is 12.8 Å². The van der Waals surface area contributed by atoms with Crippen molar-refractivity contribution in [3.8, 4) is 0 Å². The Morgan fingerprint density at radius 3 is 2.44 bits per heavy atom. The molecule has 1 rings (SSSR count). The molecule has 0 unspecified atom stereocenters. The van der Waals surface area contributed by atoms with Crippen LogP contribution in [-0.2, 0) is 4.74 Å². The van der Waals surface area contributed by atoms with Crippen LogP contribution in [0.4, 0.5) is 0 Å². The van der Waals surface area contributed by atoms with Crippen LogP contribution in [0.5, 0.6) is 0 Å². The van der Waals surface area contributed by atoms with Crippen molar-refractivity contribution in [1.82, 2.24) is 4.31 Å². The third-order valence-electron chi connectivity index (χ3n) is 1.75. The molecule has 2 nitrogen and oxygen atoms in total. The van der Waals surface area contributed by atoms with Crippen LogP contribution in [0, 0.1) is 0 Å². The number of piperidine rings is 1. The third kappa shape index (κ3) is 2.16. The Balaban J connectivity index is 2.18. The Morgan fingerprint density at radius 2 is 2.00 bits per heavy atom. The number of hydrogen-bond acceptors (Lipinski definition) is 3. The molecule has 1 aliphatic rings. The monoisotopic (exact) mass is 147 g/mol. The minimum absolute atomic E-state index is 0.480. The summed E-state index contributed by atoms with van der Waals surface area (Å²) in [6.45, 7) is 2.11. The van der Waals surface area contributed by atoms with Gasteiger partial charge in [0.2, 0.25) is 0 Å². The number of nitrogens with zero attached hydrogens (tertiary/aromatic N) is 1. The van der Waals surface area contributed by atoms with Gasteiger partial charge in [0.25, 0.3) is 0 Å². The summed E-state index contributed by atoms with van der Waals surface area (Å²) in [6, 6.07) is 0. The molecule has 0 aromatic heterocycles. The van der Waals surface area contributed by atoms with Crippen LogP contribution in [0.2, 0.25) is 0 Å². The van der Waals surface area contributed by atoms with Gasteiger partial charge < -0.3 is 4.74 Å². The van der Waals surface area contributed by atoms with E-state index in [2.05, 4.69) is 12.8 Å². The maximum Gasteiger partial charge on any atom is 0.0596 e. The molecule has 1 aliphatic heterocycles. The quantitative estimate of drug-likeness (QED) is 0.554. The summed E-state index contributed by atoms with van der Waals surface area (Å²) in [5.74, 6) is 0. The van der Waals surface area contributed by atoms with Gasteiger partial charge >= 0.3 is 0 Å². The van der Waals surface area contributed by atoms with Gasteiger partial charge in [-0.3, -0.25) is 4.31 Å². The summed E-state index contributed by atoms with van der Waals surface area (Å²) >= 11 is 4.22. The van der Waals surface area contributed by atoms with E-state index in [9.17, 15) is 0 Å². The van der Waals surface area contributed by atoms with Crippen LogP contribution in [0.3, 0.4) is 0 Å². The molecule has 1 saturated heterocycles. The highest BCUT2D eigenvalue weighted by atomic mass is 32.1. The van der Waals surface area contributed by atoms with Crippen LogP contribution in [0.25, 0.3) is 0 Å². The second-order valence-corrected chi connectivity index (χ2v) is 2.95. The lowest BCUT2D eigenvalue weighted by molar-refractivity contribution is 0.0628. The summed E-state index contributed by atoms with van der Waals surface area (Å²) in [6.07, 6.45) is 2.73. The minimum atomic E-state index is 0.480. The number of methoxy groups -OCH3 is 1. The largest absolute Gasteiger partial charge is 0.381 e. The normalized spacial score (nSPS) is 24.7. The van der Waals surface area contributed by atoms with Crippen molar-refractivity contribution in [3.63, 3.8) is 0 Å².